The van der Waals surface area contributed by atoms with Gasteiger partial charge in [0.1, 0.15) is 5.76 Å². The lowest BCUT2D eigenvalue weighted by Gasteiger charge is -2.15. The van der Waals surface area contributed by atoms with Crippen molar-refractivity contribution in [3.8, 4) is 11.4 Å². The van der Waals surface area contributed by atoms with Crippen molar-refractivity contribution in [1.29, 1.82) is 0 Å². The van der Waals surface area contributed by atoms with Gasteiger partial charge in [0.15, 0.2) is 16.8 Å². The third-order valence-electron chi connectivity index (χ3n) is 5.44. The van der Waals surface area contributed by atoms with E-state index in [4.69, 9.17) is 4.42 Å². The van der Waals surface area contributed by atoms with Crippen LogP contribution in [0.2, 0.25) is 0 Å². The van der Waals surface area contributed by atoms with Gasteiger partial charge in [-0.05, 0) is 55.0 Å². The molecule has 0 bridgehead atoms. The third kappa shape index (κ3) is 4.58. The number of hydrogen-bond acceptors (Lipinski definition) is 7. The SMILES string of the molecule is O=C(CSc1nnc(-c2cccnc2)n1Cc1ccco1)c1ccc(N2CCCC2=O)cc1. The van der Waals surface area contributed by atoms with E-state index >= 15 is 0 Å². The molecule has 0 radical (unpaired) electrons. The predicted octanol–water partition coefficient (Wildman–Crippen LogP) is 4.08. The van der Waals surface area contributed by atoms with Crippen LogP contribution in [-0.2, 0) is 11.3 Å². The van der Waals surface area contributed by atoms with Crippen LogP contribution >= 0.6 is 11.8 Å². The Morgan fingerprint density at radius 2 is 1.97 bits per heavy atom. The zero-order valence-electron chi connectivity index (χ0n) is 17.8. The van der Waals surface area contributed by atoms with Crippen LogP contribution in [0.5, 0.6) is 0 Å². The minimum Gasteiger partial charge on any atom is -0.467 e. The van der Waals surface area contributed by atoms with Gasteiger partial charge in [0.05, 0.1) is 18.6 Å². The van der Waals surface area contributed by atoms with Crippen LogP contribution in [0.3, 0.4) is 0 Å². The Bertz CT molecular complexity index is 1250. The van der Waals surface area contributed by atoms with Crippen molar-refractivity contribution in [2.75, 3.05) is 17.2 Å². The molecule has 3 aromatic heterocycles. The number of ketones is 1. The number of amides is 1. The molecule has 9 heteroatoms. The summed E-state index contributed by atoms with van der Waals surface area (Å²) in [5.41, 5.74) is 2.27. The number of aromatic nitrogens is 4. The highest BCUT2D eigenvalue weighted by atomic mass is 32.2. The van der Waals surface area contributed by atoms with E-state index in [9.17, 15) is 9.59 Å². The number of Topliss-reactive ketones (excluding diaryl/α,β-unsaturated/α-hetero) is 1. The van der Waals surface area contributed by atoms with Crippen molar-refractivity contribution in [3.63, 3.8) is 0 Å². The number of pyridine rings is 1. The van der Waals surface area contributed by atoms with Gasteiger partial charge in [0.25, 0.3) is 0 Å². The molecule has 1 aliphatic rings. The van der Waals surface area contributed by atoms with Gasteiger partial charge in [0.2, 0.25) is 5.91 Å². The van der Waals surface area contributed by atoms with E-state index in [-0.39, 0.29) is 17.4 Å². The number of thioether (sulfide) groups is 1. The van der Waals surface area contributed by atoms with Crippen LogP contribution in [0.1, 0.15) is 29.0 Å². The Balaban J connectivity index is 1.32. The second kappa shape index (κ2) is 9.41. The molecule has 166 valence electrons. The average Bonchev–Trinajstić information content (AvgIpc) is 3.60. The first-order chi connectivity index (χ1) is 16.2. The van der Waals surface area contributed by atoms with Crippen LogP contribution in [-0.4, -0.2) is 43.7 Å². The average molecular weight is 460 g/mol. The Hall–Kier alpha value is -3.72. The Morgan fingerprint density at radius 1 is 1.09 bits per heavy atom. The Morgan fingerprint density at radius 3 is 2.67 bits per heavy atom. The summed E-state index contributed by atoms with van der Waals surface area (Å²) in [7, 11) is 0. The second-order valence-corrected chi connectivity index (χ2v) is 8.56. The first-order valence-corrected chi connectivity index (χ1v) is 11.6. The monoisotopic (exact) mass is 459 g/mol. The molecule has 0 spiro atoms. The molecular weight excluding hydrogens is 438 g/mol. The van der Waals surface area contributed by atoms with E-state index in [1.54, 1.807) is 35.7 Å². The van der Waals surface area contributed by atoms with Gasteiger partial charge in [-0.1, -0.05) is 11.8 Å². The number of hydrogen-bond donors (Lipinski definition) is 0. The number of carbonyl (C=O) groups is 2. The second-order valence-electron chi connectivity index (χ2n) is 7.62. The van der Waals surface area contributed by atoms with E-state index in [2.05, 4.69) is 15.2 Å². The summed E-state index contributed by atoms with van der Waals surface area (Å²) in [4.78, 5) is 30.7. The molecule has 1 fully saturated rings. The molecule has 0 saturated carbocycles. The summed E-state index contributed by atoms with van der Waals surface area (Å²) < 4.78 is 7.44. The number of carbonyl (C=O) groups excluding carboxylic acids is 2. The lowest BCUT2D eigenvalue weighted by molar-refractivity contribution is -0.117. The summed E-state index contributed by atoms with van der Waals surface area (Å²) in [6.45, 7) is 1.17. The number of furan rings is 1. The number of nitrogens with zero attached hydrogens (tertiary/aromatic N) is 5. The van der Waals surface area contributed by atoms with Crippen LogP contribution in [0, 0.1) is 0 Å². The fourth-order valence-corrected chi connectivity index (χ4v) is 4.60. The quantitative estimate of drug-likeness (QED) is 0.289. The van der Waals surface area contributed by atoms with Crippen LogP contribution in [0.15, 0.2) is 76.8 Å². The van der Waals surface area contributed by atoms with Gasteiger partial charge in [-0.2, -0.15) is 0 Å². The van der Waals surface area contributed by atoms with Gasteiger partial charge in [0, 0.05) is 42.2 Å². The smallest absolute Gasteiger partial charge is 0.227 e. The maximum atomic E-state index is 12.8. The lowest BCUT2D eigenvalue weighted by Crippen LogP contribution is -2.23. The van der Waals surface area contributed by atoms with Gasteiger partial charge in [-0.15, -0.1) is 10.2 Å². The number of anilines is 1. The van der Waals surface area contributed by atoms with E-state index in [0.29, 0.717) is 29.5 Å². The van der Waals surface area contributed by atoms with E-state index < -0.39 is 0 Å². The minimum absolute atomic E-state index is 0.0187. The fraction of sp³-hybridized carbons (Fsp3) is 0.208. The normalized spacial score (nSPS) is 13.6. The summed E-state index contributed by atoms with van der Waals surface area (Å²) in [5.74, 6) is 1.75. The zero-order valence-corrected chi connectivity index (χ0v) is 18.6. The minimum atomic E-state index is -0.0187. The molecule has 1 aromatic carbocycles. The molecule has 33 heavy (non-hydrogen) atoms. The molecule has 4 aromatic rings. The van der Waals surface area contributed by atoms with E-state index in [1.165, 1.54) is 11.8 Å². The predicted molar refractivity (Wildman–Crippen MR) is 124 cm³/mol. The molecule has 0 atom stereocenters. The van der Waals surface area contributed by atoms with Crippen molar-refractivity contribution in [2.45, 2.75) is 24.5 Å². The van der Waals surface area contributed by atoms with Crippen molar-refractivity contribution in [3.05, 3.63) is 78.5 Å². The molecule has 0 unspecified atom stereocenters. The van der Waals surface area contributed by atoms with Gasteiger partial charge in [-0.3, -0.25) is 19.1 Å². The summed E-state index contributed by atoms with van der Waals surface area (Å²) in [5, 5.41) is 9.29. The maximum Gasteiger partial charge on any atom is 0.227 e. The summed E-state index contributed by atoms with van der Waals surface area (Å²) in [6, 6.07) is 14.7. The molecule has 0 N–H and O–H groups in total. The lowest BCUT2D eigenvalue weighted by atomic mass is 10.1. The van der Waals surface area contributed by atoms with Crippen LogP contribution in [0.25, 0.3) is 11.4 Å². The van der Waals surface area contributed by atoms with E-state index in [1.807, 2.05) is 41.0 Å². The number of rotatable bonds is 8. The summed E-state index contributed by atoms with van der Waals surface area (Å²) in [6.07, 6.45) is 6.51. The Kier molecular flexibility index (Phi) is 6.03. The van der Waals surface area contributed by atoms with Crippen LogP contribution in [0.4, 0.5) is 5.69 Å². The molecule has 8 nitrogen and oxygen atoms in total. The van der Waals surface area contributed by atoms with Crippen LogP contribution < -0.4 is 4.90 Å². The maximum absolute atomic E-state index is 12.8. The van der Waals surface area contributed by atoms with Gasteiger partial charge in [-0.25, -0.2) is 0 Å². The standard InChI is InChI=1S/C24H21N5O3S/c30-21(17-7-9-19(10-8-17)28-12-2-6-22(28)31)16-33-24-27-26-23(18-4-1-11-25-14-18)29(24)15-20-5-3-13-32-20/h1,3-5,7-11,13-14H,2,6,12,15-16H2. The van der Waals surface area contributed by atoms with Gasteiger partial charge < -0.3 is 9.32 Å². The number of benzene rings is 1. The summed E-state index contributed by atoms with van der Waals surface area (Å²) >= 11 is 1.33. The van der Waals surface area contributed by atoms with Crippen molar-refractivity contribution < 1.29 is 14.0 Å². The largest absolute Gasteiger partial charge is 0.467 e. The highest BCUT2D eigenvalue weighted by Crippen LogP contribution is 2.26. The van der Waals surface area contributed by atoms with Crippen molar-refractivity contribution >= 4 is 29.1 Å². The molecule has 0 aliphatic carbocycles. The molecule has 1 saturated heterocycles. The van der Waals surface area contributed by atoms with E-state index in [0.717, 1.165) is 30.0 Å². The third-order valence-corrected chi connectivity index (χ3v) is 6.40. The first kappa shape index (κ1) is 21.1. The van der Waals surface area contributed by atoms with Gasteiger partial charge >= 0.3 is 0 Å². The molecule has 4 heterocycles. The highest BCUT2D eigenvalue weighted by Gasteiger charge is 2.22. The molecule has 5 rings (SSSR count). The topological polar surface area (TPSA) is 94.1 Å². The molecular formula is C24H21N5O3S. The zero-order chi connectivity index (χ0) is 22.6. The fourth-order valence-electron chi connectivity index (χ4n) is 3.77. The first-order valence-electron chi connectivity index (χ1n) is 10.6. The molecule has 1 aliphatic heterocycles. The molecule has 1 amide bonds. The highest BCUT2D eigenvalue weighted by molar-refractivity contribution is 7.99. The van der Waals surface area contributed by atoms with Crippen molar-refractivity contribution in [2.24, 2.45) is 0 Å². The Labute approximate surface area is 194 Å². The van der Waals surface area contributed by atoms with Crippen molar-refractivity contribution in [1.82, 2.24) is 19.7 Å².